The quantitative estimate of drug-likeness (QED) is 0.217. The Kier molecular flexibility index (Phi) is 7.63. The SMILES string of the molecule is CC(C)(C)[Si](C)(C)O[C@@H](C=O)[C@@H](COCc1ccccc1)N=[N+]=[N-]. The van der Waals surface area contributed by atoms with Gasteiger partial charge in [0.15, 0.2) is 8.32 Å². The minimum atomic E-state index is -2.15. The number of aldehydes is 1. The lowest BCUT2D eigenvalue weighted by molar-refractivity contribution is -0.115. The second kappa shape index (κ2) is 8.99. The van der Waals surface area contributed by atoms with E-state index in [-0.39, 0.29) is 11.6 Å². The van der Waals surface area contributed by atoms with Gasteiger partial charge in [-0.3, -0.25) is 0 Å². The Morgan fingerprint density at radius 1 is 1.29 bits per heavy atom. The van der Waals surface area contributed by atoms with Crippen LogP contribution in [0.1, 0.15) is 26.3 Å². The van der Waals surface area contributed by atoms with Crippen LogP contribution in [0.4, 0.5) is 0 Å². The molecule has 0 radical (unpaired) electrons. The molecule has 132 valence electrons. The molecular weight excluding hydrogens is 322 g/mol. The molecule has 0 aliphatic carbocycles. The number of nitrogens with zero attached hydrogens (tertiary/aromatic N) is 3. The molecule has 0 aliphatic rings. The van der Waals surface area contributed by atoms with Crippen molar-refractivity contribution in [3.63, 3.8) is 0 Å². The van der Waals surface area contributed by atoms with Crippen LogP contribution in [0.3, 0.4) is 0 Å². The molecule has 0 amide bonds. The van der Waals surface area contributed by atoms with E-state index >= 15 is 0 Å². The fourth-order valence-corrected chi connectivity index (χ4v) is 3.09. The fraction of sp³-hybridized carbons (Fsp3) is 0.588. The van der Waals surface area contributed by atoms with Gasteiger partial charge in [0, 0.05) is 4.91 Å². The molecule has 0 heterocycles. The van der Waals surface area contributed by atoms with Gasteiger partial charge in [-0.25, -0.2) is 0 Å². The van der Waals surface area contributed by atoms with Gasteiger partial charge in [-0.1, -0.05) is 56.2 Å². The van der Waals surface area contributed by atoms with E-state index in [1.807, 2.05) is 30.3 Å². The van der Waals surface area contributed by atoms with E-state index in [0.717, 1.165) is 5.56 Å². The van der Waals surface area contributed by atoms with Gasteiger partial charge < -0.3 is 14.0 Å². The first kappa shape index (κ1) is 20.4. The smallest absolute Gasteiger partial charge is 0.193 e. The van der Waals surface area contributed by atoms with Crippen molar-refractivity contribution >= 4 is 14.6 Å². The van der Waals surface area contributed by atoms with Crippen LogP contribution in [0.5, 0.6) is 0 Å². The first-order valence-corrected chi connectivity index (χ1v) is 10.9. The van der Waals surface area contributed by atoms with Gasteiger partial charge >= 0.3 is 0 Å². The summed E-state index contributed by atoms with van der Waals surface area (Å²) in [5.41, 5.74) is 9.82. The van der Waals surface area contributed by atoms with Crippen molar-refractivity contribution in [1.82, 2.24) is 0 Å². The highest BCUT2D eigenvalue weighted by atomic mass is 28.4. The molecule has 0 spiro atoms. The zero-order valence-electron chi connectivity index (χ0n) is 15.1. The maximum Gasteiger partial charge on any atom is 0.193 e. The molecule has 0 aromatic heterocycles. The molecule has 0 unspecified atom stereocenters. The summed E-state index contributed by atoms with van der Waals surface area (Å²) in [5, 5.41) is 3.67. The van der Waals surface area contributed by atoms with Gasteiger partial charge in [0.1, 0.15) is 12.4 Å². The van der Waals surface area contributed by atoms with Gasteiger partial charge in [-0.15, -0.1) is 0 Å². The second-order valence-electron chi connectivity index (χ2n) is 7.25. The molecule has 1 rings (SSSR count). The van der Waals surface area contributed by atoms with Gasteiger partial charge in [0.2, 0.25) is 0 Å². The second-order valence-corrected chi connectivity index (χ2v) is 12.0. The Labute approximate surface area is 144 Å². The van der Waals surface area contributed by atoms with Crippen LogP contribution >= 0.6 is 0 Å². The van der Waals surface area contributed by atoms with E-state index < -0.39 is 20.5 Å². The first-order valence-electron chi connectivity index (χ1n) is 8.00. The molecule has 7 heteroatoms. The van der Waals surface area contributed by atoms with Crippen LogP contribution in [-0.2, 0) is 20.6 Å². The van der Waals surface area contributed by atoms with Crippen molar-refractivity contribution in [3.05, 3.63) is 46.3 Å². The maximum atomic E-state index is 11.5. The maximum absolute atomic E-state index is 11.5. The highest BCUT2D eigenvalue weighted by Crippen LogP contribution is 2.37. The van der Waals surface area contributed by atoms with Gasteiger partial charge in [-0.05, 0) is 29.2 Å². The highest BCUT2D eigenvalue weighted by molar-refractivity contribution is 6.74. The standard InChI is InChI=1S/C17H27N3O3Si/c1-17(2,3)24(4,5)23-16(11-21)15(19-20-18)13-22-12-14-9-7-6-8-10-14/h6-11,15-16H,12-13H2,1-5H3/t15-,16+/m1/s1. The topological polar surface area (TPSA) is 84.3 Å². The molecule has 1 aromatic rings. The van der Waals surface area contributed by atoms with Crippen molar-refractivity contribution in [1.29, 1.82) is 0 Å². The van der Waals surface area contributed by atoms with Crippen molar-refractivity contribution in [2.75, 3.05) is 6.61 Å². The summed E-state index contributed by atoms with van der Waals surface area (Å²) >= 11 is 0. The molecule has 0 fully saturated rings. The summed E-state index contributed by atoms with van der Waals surface area (Å²) in [5.74, 6) is 0. The largest absolute Gasteiger partial charge is 0.407 e. The van der Waals surface area contributed by atoms with Crippen molar-refractivity contribution in [3.8, 4) is 0 Å². The van der Waals surface area contributed by atoms with Gasteiger partial charge in [0.25, 0.3) is 0 Å². The Balaban J connectivity index is 2.73. The van der Waals surface area contributed by atoms with Crippen molar-refractivity contribution < 1.29 is 14.0 Å². The highest BCUT2D eigenvalue weighted by Gasteiger charge is 2.40. The van der Waals surface area contributed by atoms with Crippen LogP contribution in [0.2, 0.25) is 18.1 Å². The molecule has 6 nitrogen and oxygen atoms in total. The van der Waals surface area contributed by atoms with Gasteiger partial charge in [0.05, 0.1) is 19.3 Å². The Bertz CT molecular complexity index is 566. The summed E-state index contributed by atoms with van der Waals surface area (Å²) in [7, 11) is -2.15. The summed E-state index contributed by atoms with van der Waals surface area (Å²) in [6.07, 6.45) is -0.0799. The van der Waals surface area contributed by atoms with Crippen molar-refractivity contribution in [2.45, 2.75) is 57.7 Å². The molecule has 0 N–H and O–H groups in total. The molecule has 0 bridgehead atoms. The third-order valence-corrected chi connectivity index (χ3v) is 8.82. The normalized spacial score (nSPS) is 14.5. The molecule has 0 saturated heterocycles. The number of hydrogen-bond acceptors (Lipinski definition) is 4. The summed E-state index contributed by atoms with van der Waals surface area (Å²) in [6.45, 7) is 10.9. The molecule has 1 aromatic carbocycles. The first-order chi connectivity index (χ1) is 11.2. The number of azide groups is 1. The molecule has 2 atom stereocenters. The van der Waals surface area contributed by atoms with Crippen LogP contribution in [0.25, 0.3) is 10.4 Å². The monoisotopic (exact) mass is 349 g/mol. The predicted molar refractivity (Wildman–Crippen MR) is 97.2 cm³/mol. The third-order valence-electron chi connectivity index (χ3n) is 4.35. The van der Waals surface area contributed by atoms with E-state index in [9.17, 15) is 4.79 Å². The lowest BCUT2D eigenvalue weighted by Gasteiger charge is -2.39. The van der Waals surface area contributed by atoms with Crippen LogP contribution < -0.4 is 0 Å². The van der Waals surface area contributed by atoms with Crippen LogP contribution in [0, 0.1) is 0 Å². The number of hydrogen-bond donors (Lipinski definition) is 0. The molecular formula is C17H27N3O3Si. The Hall–Kier alpha value is -1.66. The predicted octanol–water partition coefficient (Wildman–Crippen LogP) is 4.47. The minimum Gasteiger partial charge on any atom is -0.407 e. The number of ether oxygens (including phenoxy) is 1. The zero-order valence-corrected chi connectivity index (χ0v) is 16.1. The fourth-order valence-electron chi connectivity index (χ4n) is 1.85. The summed E-state index contributed by atoms with van der Waals surface area (Å²) < 4.78 is 11.7. The average Bonchev–Trinajstić information content (AvgIpc) is 2.52. The Morgan fingerprint density at radius 3 is 2.42 bits per heavy atom. The molecule has 0 aliphatic heterocycles. The van der Waals surface area contributed by atoms with E-state index in [1.165, 1.54) is 0 Å². The minimum absolute atomic E-state index is 0.0416. The number of benzene rings is 1. The average molecular weight is 350 g/mol. The lowest BCUT2D eigenvalue weighted by atomic mass is 10.2. The zero-order chi connectivity index (χ0) is 18.2. The lowest BCUT2D eigenvalue weighted by Crippen LogP contribution is -2.48. The van der Waals surface area contributed by atoms with E-state index in [0.29, 0.717) is 12.9 Å². The molecule has 24 heavy (non-hydrogen) atoms. The van der Waals surface area contributed by atoms with Crippen LogP contribution in [-0.4, -0.2) is 33.4 Å². The van der Waals surface area contributed by atoms with Crippen LogP contribution in [0.15, 0.2) is 35.4 Å². The Morgan fingerprint density at radius 2 is 1.92 bits per heavy atom. The number of carbonyl (C=O) groups is 1. The van der Waals surface area contributed by atoms with E-state index in [4.69, 9.17) is 14.7 Å². The summed E-state index contributed by atoms with van der Waals surface area (Å²) in [4.78, 5) is 14.4. The van der Waals surface area contributed by atoms with E-state index in [1.54, 1.807) is 0 Å². The summed E-state index contributed by atoms with van der Waals surface area (Å²) in [6, 6.07) is 9.02. The number of carbonyl (C=O) groups excluding carboxylic acids is 1. The molecule has 0 saturated carbocycles. The van der Waals surface area contributed by atoms with Crippen molar-refractivity contribution in [2.24, 2.45) is 5.11 Å². The van der Waals surface area contributed by atoms with Gasteiger partial charge in [-0.2, -0.15) is 0 Å². The third kappa shape index (κ3) is 6.09. The number of rotatable bonds is 9. The van der Waals surface area contributed by atoms with E-state index in [2.05, 4.69) is 43.9 Å².